The maximum Gasteiger partial charge on any atom is 0.153 e. The van der Waals surface area contributed by atoms with Gasteiger partial charge in [0.15, 0.2) is 9.84 Å². The topological polar surface area (TPSA) is 63.4 Å². The molecule has 1 saturated heterocycles. The molecular formula is C13H19FN2O2S. The van der Waals surface area contributed by atoms with E-state index >= 15 is 0 Å². The highest BCUT2D eigenvalue weighted by atomic mass is 32.2. The Morgan fingerprint density at radius 3 is 2.58 bits per heavy atom. The molecule has 1 aliphatic rings. The zero-order valence-corrected chi connectivity index (χ0v) is 11.8. The quantitative estimate of drug-likeness (QED) is 0.898. The maximum absolute atomic E-state index is 13.3. The second-order valence-corrected chi connectivity index (χ2v) is 7.40. The highest BCUT2D eigenvalue weighted by Gasteiger charge is 2.23. The van der Waals surface area contributed by atoms with E-state index in [0.29, 0.717) is 19.5 Å². The summed E-state index contributed by atoms with van der Waals surface area (Å²) >= 11 is 0. The molecule has 0 saturated carbocycles. The fourth-order valence-corrected chi connectivity index (χ4v) is 3.53. The summed E-state index contributed by atoms with van der Waals surface area (Å²) in [5.74, 6) is 0.0216. The molecule has 0 aliphatic carbocycles. The van der Waals surface area contributed by atoms with Crippen molar-refractivity contribution in [2.24, 2.45) is 5.73 Å². The zero-order chi connectivity index (χ0) is 14.0. The van der Waals surface area contributed by atoms with Crippen molar-refractivity contribution in [3.8, 4) is 0 Å². The van der Waals surface area contributed by atoms with E-state index in [1.807, 2.05) is 11.8 Å². The lowest BCUT2D eigenvalue weighted by molar-refractivity contribution is 0.585. The van der Waals surface area contributed by atoms with Crippen LogP contribution in [0, 0.1) is 5.82 Å². The Morgan fingerprint density at radius 1 is 1.37 bits per heavy atom. The lowest BCUT2D eigenvalue weighted by Crippen LogP contribution is -2.41. The summed E-state index contributed by atoms with van der Waals surface area (Å²) in [6, 6.07) is 4.55. The van der Waals surface area contributed by atoms with Gasteiger partial charge in [-0.15, -0.1) is 0 Å². The molecule has 0 spiro atoms. The third-order valence-corrected chi connectivity index (χ3v) is 4.88. The van der Waals surface area contributed by atoms with Crippen molar-refractivity contribution in [3.05, 3.63) is 29.6 Å². The van der Waals surface area contributed by atoms with Crippen LogP contribution in [0.25, 0.3) is 0 Å². The summed E-state index contributed by atoms with van der Waals surface area (Å²) < 4.78 is 36.2. The molecule has 0 amide bonds. The number of sulfone groups is 1. The molecule has 0 bridgehead atoms. The molecule has 4 nitrogen and oxygen atoms in total. The van der Waals surface area contributed by atoms with E-state index in [2.05, 4.69) is 0 Å². The van der Waals surface area contributed by atoms with Crippen molar-refractivity contribution in [1.29, 1.82) is 0 Å². The number of rotatable bonds is 3. The van der Waals surface area contributed by atoms with Crippen molar-refractivity contribution in [2.45, 2.75) is 19.4 Å². The molecule has 0 aromatic heterocycles. The number of benzene rings is 1. The number of halogens is 1. The van der Waals surface area contributed by atoms with E-state index in [4.69, 9.17) is 5.73 Å². The Morgan fingerprint density at radius 2 is 2.00 bits per heavy atom. The summed E-state index contributed by atoms with van der Waals surface area (Å²) in [6.07, 6.45) is 0.580. The lowest BCUT2D eigenvalue weighted by atomic mass is 10.0. The van der Waals surface area contributed by atoms with Crippen molar-refractivity contribution in [2.75, 3.05) is 29.5 Å². The SMILES string of the molecule is CC(N)Cc1cc(F)ccc1N1CCS(=O)(=O)CC1. The third kappa shape index (κ3) is 3.67. The highest BCUT2D eigenvalue weighted by Crippen LogP contribution is 2.24. The van der Waals surface area contributed by atoms with Crippen LogP contribution in [0.5, 0.6) is 0 Å². The molecule has 1 heterocycles. The summed E-state index contributed by atoms with van der Waals surface area (Å²) in [5.41, 5.74) is 7.52. The molecule has 1 unspecified atom stereocenters. The Labute approximate surface area is 113 Å². The summed E-state index contributed by atoms with van der Waals surface area (Å²) in [6.45, 7) is 2.79. The monoisotopic (exact) mass is 286 g/mol. The third-order valence-electron chi connectivity index (χ3n) is 3.27. The summed E-state index contributed by atoms with van der Waals surface area (Å²) in [5, 5.41) is 0. The summed E-state index contributed by atoms with van der Waals surface area (Å²) in [4.78, 5) is 2.00. The molecule has 106 valence electrons. The van der Waals surface area contributed by atoms with Crippen LogP contribution >= 0.6 is 0 Å². The standard InChI is InChI=1S/C13H19FN2O2S/c1-10(15)8-11-9-12(14)2-3-13(11)16-4-6-19(17,18)7-5-16/h2-3,9-10H,4-8,15H2,1H3. The van der Waals surface area contributed by atoms with Gasteiger partial charge < -0.3 is 10.6 Å². The fraction of sp³-hybridized carbons (Fsp3) is 0.538. The van der Waals surface area contributed by atoms with E-state index < -0.39 is 9.84 Å². The predicted molar refractivity (Wildman–Crippen MR) is 74.6 cm³/mol. The first-order chi connectivity index (χ1) is 8.87. The minimum atomic E-state index is -2.91. The Bertz CT molecular complexity index is 544. The van der Waals surface area contributed by atoms with Crippen LogP contribution in [0.2, 0.25) is 0 Å². The smallest absolute Gasteiger partial charge is 0.153 e. The minimum absolute atomic E-state index is 0.0610. The lowest BCUT2D eigenvalue weighted by Gasteiger charge is -2.31. The van der Waals surface area contributed by atoms with Crippen LogP contribution in [0.1, 0.15) is 12.5 Å². The number of nitrogens with two attached hydrogens (primary N) is 1. The van der Waals surface area contributed by atoms with Gasteiger partial charge >= 0.3 is 0 Å². The van der Waals surface area contributed by atoms with Gasteiger partial charge in [0.05, 0.1) is 11.5 Å². The van der Waals surface area contributed by atoms with Crippen molar-refractivity contribution in [1.82, 2.24) is 0 Å². The molecule has 19 heavy (non-hydrogen) atoms. The van der Waals surface area contributed by atoms with Crippen LogP contribution in [0.15, 0.2) is 18.2 Å². The second kappa shape index (κ2) is 5.46. The zero-order valence-electron chi connectivity index (χ0n) is 11.0. The van der Waals surface area contributed by atoms with Crippen LogP contribution in [-0.2, 0) is 16.3 Å². The van der Waals surface area contributed by atoms with Crippen LogP contribution < -0.4 is 10.6 Å². The fourth-order valence-electron chi connectivity index (χ4n) is 2.33. The molecule has 1 aromatic carbocycles. The predicted octanol–water partition coefficient (Wildman–Crippen LogP) is 0.950. The van der Waals surface area contributed by atoms with Gasteiger partial charge in [-0.2, -0.15) is 0 Å². The van der Waals surface area contributed by atoms with E-state index in [9.17, 15) is 12.8 Å². The molecule has 2 rings (SSSR count). The Balaban J connectivity index is 2.24. The second-order valence-electron chi connectivity index (χ2n) is 5.09. The van der Waals surface area contributed by atoms with E-state index in [-0.39, 0.29) is 23.4 Å². The van der Waals surface area contributed by atoms with E-state index in [1.165, 1.54) is 12.1 Å². The minimum Gasteiger partial charge on any atom is -0.369 e. The number of hydrogen-bond acceptors (Lipinski definition) is 4. The Kier molecular flexibility index (Phi) is 4.10. The Hall–Kier alpha value is -1.14. The molecule has 2 N–H and O–H groups in total. The largest absolute Gasteiger partial charge is 0.369 e. The van der Waals surface area contributed by atoms with Gasteiger partial charge in [-0.1, -0.05) is 0 Å². The average molecular weight is 286 g/mol. The van der Waals surface area contributed by atoms with Crippen molar-refractivity contribution >= 4 is 15.5 Å². The highest BCUT2D eigenvalue weighted by molar-refractivity contribution is 7.91. The van der Waals surface area contributed by atoms with E-state index in [0.717, 1.165) is 11.3 Å². The molecule has 1 fully saturated rings. The molecule has 0 radical (unpaired) electrons. The first-order valence-electron chi connectivity index (χ1n) is 6.37. The average Bonchev–Trinajstić information content (AvgIpc) is 2.29. The van der Waals surface area contributed by atoms with Gasteiger partial charge in [-0.3, -0.25) is 0 Å². The van der Waals surface area contributed by atoms with E-state index in [1.54, 1.807) is 6.07 Å². The summed E-state index contributed by atoms with van der Waals surface area (Å²) in [7, 11) is -2.91. The van der Waals surface area contributed by atoms with Gasteiger partial charge in [0.1, 0.15) is 5.82 Å². The molecule has 1 aromatic rings. The van der Waals surface area contributed by atoms with Gasteiger partial charge in [-0.05, 0) is 37.1 Å². The molecule has 1 atom stereocenters. The van der Waals surface area contributed by atoms with Gasteiger partial charge in [0.2, 0.25) is 0 Å². The van der Waals surface area contributed by atoms with Gasteiger partial charge in [-0.25, -0.2) is 12.8 Å². The molecule has 6 heteroatoms. The van der Waals surface area contributed by atoms with Crippen LogP contribution in [0.4, 0.5) is 10.1 Å². The normalized spacial score (nSPS) is 20.3. The van der Waals surface area contributed by atoms with Gasteiger partial charge in [0.25, 0.3) is 0 Å². The van der Waals surface area contributed by atoms with Gasteiger partial charge in [0, 0.05) is 24.8 Å². The number of anilines is 1. The van der Waals surface area contributed by atoms with Crippen molar-refractivity contribution in [3.63, 3.8) is 0 Å². The van der Waals surface area contributed by atoms with Crippen molar-refractivity contribution < 1.29 is 12.8 Å². The first kappa shape index (κ1) is 14.3. The number of hydrogen-bond donors (Lipinski definition) is 1. The molecule has 1 aliphatic heterocycles. The van der Waals surface area contributed by atoms with Crippen LogP contribution in [-0.4, -0.2) is 39.1 Å². The van der Waals surface area contributed by atoms with Crippen LogP contribution in [0.3, 0.4) is 0 Å². The number of nitrogens with zero attached hydrogens (tertiary/aromatic N) is 1. The first-order valence-corrected chi connectivity index (χ1v) is 8.19. The maximum atomic E-state index is 13.3. The molecular weight excluding hydrogens is 267 g/mol.